The summed E-state index contributed by atoms with van der Waals surface area (Å²) in [6.45, 7) is 2.14. The average molecular weight is 255 g/mol. The molecule has 1 atom stereocenters. The van der Waals surface area contributed by atoms with E-state index in [9.17, 15) is 22.8 Å². The summed E-state index contributed by atoms with van der Waals surface area (Å²) in [5.41, 5.74) is 1.87. The number of amides is 2. The van der Waals surface area contributed by atoms with Crippen LogP contribution in [-0.2, 0) is 9.59 Å². The van der Waals surface area contributed by atoms with E-state index in [0.717, 1.165) is 0 Å². The van der Waals surface area contributed by atoms with Gasteiger partial charge in [0.1, 0.15) is 0 Å². The van der Waals surface area contributed by atoms with Crippen molar-refractivity contribution in [1.82, 2.24) is 10.2 Å². The molecule has 0 aliphatic heterocycles. The smallest absolute Gasteiger partial charge is 0.345 e. The molecule has 0 saturated carbocycles. The molecule has 0 fully saturated rings. The standard InChI is InChI=1S/C9H16F3N3O2/c1-4-15(3)6(16)5-14-7(17)8(2,13)9(10,11)12/h4-5,13H2,1-3H3,(H,14,17). The van der Waals surface area contributed by atoms with Crippen molar-refractivity contribution in [3.63, 3.8) is 0 Å². The van der Waals surface area contributed by atoms with Crippen LogP contribution in [0.1, 0.15) is 13.8 Å². The number of nitrogens with zero attached hydrogens (tertiary/aromatic N) is 1. The molecule has 0 aromatic rings. The fourth-order valence-corrected chi connectivity index (χ4v) is 0.780. The molecule has 0 spiro atoms. The van der Waals surface area contributed by atoms with Gasteiger partial charge in [-0.25, -0.2) is 0 Å². The number of halogens is 3. The molecule has 5 nitrogen and oxygen atoms in total. The number of hydrogen-bond acceptors (Lipinski definition) is 3. The lowest BCUT2D eigenvalue weighted by Crippen LogP contribution is -2.62. The van der Waals surface area contributed by atoms with Gasteiger partial charge in [-0.2, -0.15) is 13.2 Å². The summed E-state index contributed by atoms with van der Waals surface area (Å²) in [6, 6.07) is 0. The van der Waals surface area contributed by atoms with Crippen molar-refractivity contribution >= 4 is 11.8 Å². The summed E-state index contributed by atoms with van der Waals surface area (Å²) in [4.78, 5) is 23.7. The lowest BCUT2D eigenvalue weighted by Gasteiger charge is -2.26. The monoisotopic (exact) mass is 255 g/mol. The molecule has 0 heterocycles. The molecule has 8 heteroatoms. The Hall–Kier alpha value is -1.31. The minimum absolute atomic E-state index is 0.397. The number of carbonyl (C=O) groups excluding carboxylic acids is 2. The maximum absolute atomic E-state index is 12.4. The number of nitrogens with one attached hydrogen (secondary N) is 1. The van der Waals surface area contributed by atoms with Crippen LogP contribution in [0, 0.1) is 0 Å². The summed E-state index contributed by atoms with van der Waals surface area (Å²) >= 11 is 0. The Labute approximate surface area is 97.1 Å². The first-order valence-electron chi connectivity index (χ1n) is 4.92. The molecule has 3 N–H and O–H groups in total. The summed E-state index contributed by atoms with van der Waals surface area (Å²) in [7, 11) is 1.47. The van der Waals surface area contributed by atoms with Gasteiger partial charge in [0.25, 0.3) is 0 Å². The zero-order chi connectivity index (χ0) is 13.9. The normalized spacial score (nSPS) is 15.0. The minimum atomic E-state index is -4.86. The van der Waals surface area contributed by atoms with E-state index in [4.69, 9.17) is 5.73 Å². The Kier molecular flexibility index (Phi) is 4.94. The average Bonchev–Trinajstić information content (AvgIpc) is 2.22. The predicted molar refractivity (Wildman–Crippen MR) is 55.0 cm³/mol. The fraction of sp³-hybridized carbons (Fsp3) is 0.778. The topological polar surface area (TPSA) is 75.4 Å². The van der Waals surface area contributed by atoms with Gasteiger partial charge in [0.2, 0.25) is 11.8 Å². The molecule has 0 saturated heterocycles. The minimum Gasteiger partial charge on any atom is -0.345 e. The number of rotatable bonds is 4. The van der Waals surface area contributed by atoms with Gasteiger partial charge in [-0.05, 0) is 13.8 Å². The molecule has 0 aromatic heterocycles. The van der Waals surface area contributed by atoms with Gasteiger partial charge in [0.05, 0.1) is 6.54 Å². The second-order valence-electron chi connectivity index (χ2n) is 3.79. The van der Waals surface area contributed by atoms with Crippen LogP contribution in [-0.4, -0.2) is 48.6 Å². The highest BCUT2D eigenvalue weighted by Gasteiger charge is 2.53. The van der Waals surface area contributed by atoms with E-state index in [1.54, 1.807) is 6.92 Å². The fourth-order valence-electron chi connectivity index (χ4n) is 0.780. The summed E-state index contributed by atoms with van der Waals surface area (Å²) in [5.74, 6) is -1.92. The van der Waals surface area contributed by atoms with Crippen molar-refractivity contribution < 1.29 is 22.8 Å². The second kappa shape index (κ2) is 5.35. The Morgan fingerprint density at radius 1 is 1.35 bits per heavy atom. The van der Waals surface area contributed by atoms with Gasteiger partial charge >= 0.3 is 6.18 Å². The Bertz CT molecular complexity index is 302. The third-order valence-electron chi connectivity index (χ3n) is 2.36. The molecule has 17 heavy (non-hydrogen) atoms. The third kappa shape index (κ3) is 3.88. The number of carbonyl (C=O) groups is 2. The van der Waals surface area contributed by atoms with Gasteiger partial charge in [-0.1, -0.05) is 0 Å². The van der Waals surface area contributed by atoms with E-state index in [1.165, 1.54) is 11.9 Å². The Balaban J connectivity index is 4.43. The van der Waals surface area contributed by atoms with Crippen molar-refractivity contribution in [1.29, 1.82) is 0 Å². The summed E-state index contributed by atoms with van der Waals surface area (Å²) in [5, 5.41) is 1.87. The Morgan fingerprint density at radius 3 is 2.18 bits per heavy atom. The molecule has 1 unspecified atom stereocenters. The molecule has 0 aliphatic rings. The molecular weight excluding hydrogens is 239 g/mol. The van der Waals surface area contributed by atoms with Gasteiger partial charge < -0.3 is 16.0 Å². The van der Waals surface area contributed by atoms with E-state index < -0.39 is 30.1 Å². The van der Waals surface area contributed by atoms with Crippen LogP contribution in [0.25, 0.3) is 0 Å². The molecule has 0 bridgehead atoms. The molecular formula is C9H16F3N3O2. The number of alkyl halides is 3. The molecule has 0 aliphatic carbocycles. The number of likely N-dealkylation sites (N-methyl/N-ethyl adjacent to an activating group) is 1. The zero-order valence-corrected chi connectivity index (χ0v) is 9.89. The molecule has 0 aromatic carbocycles. The highest BCUT2D eigenvalue weighted by molar-refractivity contribution is 5.90. The first-order valence-corrected chi connectivity index (χ1v) is 4.92. The van der Waals surface area contributed by atoms with E-state index in [1.807, 2.05) is 5.32 Å². The molecule has 100 valence electrons. The lowest BCUT2D eigenvalue weighted by atomic mass is 10.0. The molecule has 0 radical (unpaired) electrons. The highest BCUT2D eigenvalue weighted by atomic mass is 19.4. The van der Waals surface area contributed by atoms with Gasteiger partial charge in [0.15, 0.2) is 5.54 Å². The van der Waals surface area contributed by atoms with Crippen molar-refractivity contribution in [2.24, 2.45) is 5.73 Å². The largest absolute Gasteiger partial charge is 0.415 e. The Morgan fingerprint density at radius 2 is 1.82 bits per heavy atom. The molecule has 0 rings (SSSR count). The maximum Gasteiger partial charge on any atom is 0.415 e. The first-order chi connectivity index (χ1) is 7.54. The quantitative estimate of drug-likeness (QED) is 0.734. The number of nitrogens with two attached hydrogens (primary N) is 1. The van der Waals surface area contributed by atoms with Crippen molar-refractivity contribution in [2.75, 3.05) is 20.1 Å². The van der Waals surface area contributed by atoms with Crippen LogP contribution >= 0.6 is 0 Å². The van der Waals surface area contributed by atoms with Crippen LogP contribution < -0.4 is 11.1 Å². The van der Waals surface area contributed by atoms with Crippen LogP contribution in [0.2, 0.25) is 0 Å². The maximum atomic E-state index is 12.4. The van der Waals surface area contributed by atoms with Crippen molar-refractivity contribution in [3.8, 4) is 0 Å². The lowest BCUT2D eigenvalue weighted by molar-refractivity contribution is -0.187. The summed E-state index contributed by atoms with van der Waals surface area (Å²) in [6.07, 6.45) is -4.86. The van der Waals surface area contributed by atoms with E-state index in [2.05, 4.69) is 0 Å². The third-order valence-corrected chi connectivity index (χ3v) is 2.36. The van der Waals surface area contributed by atoms with Gasteiger partial charge in [0, 0.05) is 13.6 Å². The second-order valence-corrected chi connectivity index (χ2v) is 3.79. The molecule has 2 amide bonds. The van der Waals surface area contributed by atoms with Crippen LogP contribution in [0.4, 0.5) is 13.2 Å². The summed E-state index contributed by atoms with van der Waals surface area (Å²) < 4.78 is 37.1. The van der Waals surface area contributed by atoms with E-state index in [-0.39, 0.29) is 0 Å². The predicted octanol–water partition coefficient (Wildman–Crippen LogP) is -0.139. The number of hydrogen-bond donors (Lipinski definition) is 2. The van der Waals surface area contributed by atoms with Gasteiger partial charge in [-0.3, -0.25) is 9.59 Å². The highest BCUT2D eigenvalue weighted by Crippen LogP contribution is 2.27. The van der Waals surface area contributed by atoms with Crippen LogP contribution in [0.15, 0.2) is 0 Å². The zero-order valence-electron chi connectivity index (χ0n) is 9.89. The SMILES string of the molecule is CCN(C)C(=O)CNC(=O)C(C)(N)C(F)(F)F. The van der Waals surface area contributed by atoms with Crippen molar-refractivity contribution in [3.05, 3.63) is 0 Å². The first kappa shape index (κ1) is 15.7. The van der Waals surface area contributed by atoms with Gasteiger partial charge in [-0.15, -0.1) is 0 Å². The van der Waals surface area contributed by atoms with Crippen LogP contribution in [0.3, 0.4) is 0 Å². The van der Waals surface area contributed by atoms with Crippen LogP contribution in [0.5, 0.6) is 0 Å². The van der Waals surface area contributed by atoms with Crippen molar-refractivity contribution in [2.45, 2.75) is 25.6 Å². The van der Waals surface area contributed by atoms with E-state index in [0.29, 0.717) is 13.5 Å². The van der Waals surface area contributed by atoms with E-state index >= 15 is 0 Å².